The van der Waals surface area contributed by atoms with Crippen LogP contribution in [0, 0.1) is 0 Å². The Bertz CT molecular complexity index is 684. The molecule has 0 fully saturated rings. The fourth-order valence-electron chi connectivity index (χ4n) is 2.29. The van der Waals surface area contributed by atoms with E-state index in [0.717, 1.165) is 0 Å². The summed E-state index contributed by atoms with van der Waals surface area (Å²) < 4.78 is 4.93. The number of hydrogen-bond acceptors (Lipinski definition) is 5. The number of nitrogens with one attached hydrogen (secondary N) is 2. The first kappa shape index (κ1) is 19.0. The van der Waals surface area contributed by atoms with Crippen molar-refractivity contribution < 1.29 is 14.3 Å². The van der Waals surface area contributed by atoms with Gasteiger partial charge in [0.1, 0.15) is 0 Å². The van der Waals surface area contributed by atoms with E-state index in [-0.39, 0.29) is 18.0 Å². The lowest BCUT2D eigenvalue weighted by atomic mass is 10.2. The maximum atomic E-state index is 12.1. The first-order chi connectivity index (χ1) is 12.0. The first-order valence-corrected chi connectivity index (χ1v) is 8.91. The summed E-state index contributed by atoms with van der Waals surface area (Å²) >= 11 is 1.67. The van der Waals surface area contributed by atoms with E-state index >= 15 is 0 Å². The average molecular weight is 361 g/mol. The lowest BCUT2D eigenvalue weighted by molar-refractivity contribution is 0.0526. The molecule has 0 aliphatic rings. The van der Waals surface area contributed by atoms with Gasteiger partial charge >= 0.3 is 12.0 Å². The van der Waals surface area contributed by atoms with Gasteiger partial charge in [0.05, 0.1) is 18.2 Å². The molecule has 0 aliphatic carbocycles. The minimum absolute atomic E-state index is 0.122. The Morgan fingerprint density at radius 1 is 1.20 bits per heavy atom. The van der Waals surface area contributed by atoms with E-state index in [4.69, 9.17) is 4.74 Å². The summed E-state index contributed by atoms with van der Waals surface area (Å²) in [6.45, 7) is 2.59. The highest BCUT2D eigenvalue weighted by Gasteiger charge is 2.16. The molecule has 134 valence electrons. The zero-order chi connectivity index (χ0) is 18.2. The number of likely N-dealkylation sites (N-methyl/N-ethyl adjacent to an activating group) is 1. The number of ether oxygens (including phenoxy) is 1. The molecule has 0 bridgehead atoms. The zero-order valence-corrected chi connectivity index (χ0v) is 15.4. The lowest BCUT2D eigenvalue weighted by Crippen LogP contribution is -2.36. The molecule has 0 saturated heterocycles. The van der Waals surface area contributed by atoms with Crippen molar-refractivity contribution in [3.63, 3.8) is 0 Å². The van der Waals surface area contributed by atoms with Gasteiger partial charge in [0.15, 0.2) is 0 Å². The van der Waals surface area contributed by atoms with E-state index in [9.17, 15) is 9.59 Å². The van der Waals surface area contributed by atoms with Crippen LogP contribution in [0.5, 0.6) is 0 Å². The molecular weight excluding hydrogens is 338 g/mol. The Hall–Kier alpha value is -2.38. The molecule has 1 heterocycles. The molecule has 0 saturated carbocycles. The molecule has 0 spiro atoms. The van der Waals surface area contributed by atoms with Gasteiger partial charge in [-0.2, -0.15) is 0 Å². The largest absolute Gasteiger partial charge is 0.462 e. The molecule has 1 aromatic carbocycles. The van der Waals surface area contributed by atoms with Crippen LogP contribution in [0.1, 0.15) is 28.2 Å². The molecule has 7 heteroatoms. The quantitative estimate of drug-likeness (QED) is 0.742. The number of hydrogen-bond donors (Lipinski definition) is 2. The molecule has 2 rings (SSSR count). The van der Waals surface area contributed by atoms with Crippen molar-refractivity contribution in [3.05, 3.63) is 52.2 Å². The van der Waals surface area contributed by atoms with E-state index in [1.165, 1.54) is 4.88 Å². The van der Waals surface area contributed by atoms with Gasteiger partial charge < -0.3 is 20.3 Å². The normalized spacial score (nSPS) is 11.8. The van der Waals surface area contributed by atoms with Crippen molar-refractivity contribution in [3.8, 4) is 0 Å². The van der Waals surface area contributed by atoms with Crippen LogP contribution in [0.25, 0.3) is 0 Å². The summed E-state index contributed by atoms with van der Waals surface area (Å²) in [5.74, 6) is -0.372. The number of carbonyl (C=O) groups is 2. The number of esters is 1. The molecule has 0 aliphatic heterocycles. The Morgan fingerprint density at radius 2 is 1.92 bits per heavy atom. The van der Waals surface area contributed by atoms with Crippen LogP contribution < -0.4 is 10.6 Å². The minimum atomic E-state index is -0.372. The van der Waals surface area contributed by atoms with Gasteiger partial charge in [0.2, 0.25) is 0 Å². The van der Waals surface area contributed by atoms with E-state index < -0.39 is 0 Å². The number of rotatable bonds is 7. The second-order valence-electron chi connectivity index (χ2n) is 5.63. The first-order valence-electron chi connectivity index (χ1n) is 8.03. The van der Waals surface area contributed by atoms with Gasteiger partial charge in [0, 0.05) is 17.1 Å². The average Bonchev–Trinajstić information content (AvgIpc) is 3.10. The van der Waals surface area contributed by atoms with Crippen molar-refractivity contribution >= 4 is 29.0 Å². The highest BCUT2D eigenvalue weighted by Crippen LogP contribution is 2.22. The Labute approximate surface area is 151 Å². The smallest absolute Gasteiger partial charge is 0.338 e. The zero-order valence-electron chi connectivity index (χ0n) is 14.6. The van der Waals surface area contributed by atoms with Crippen LogP contribution >= 0.6 is 11.3 Å². The predicted octanol–water partition coefficient (Wildman–Crippen LogP) is 3.35. The number of benzene rings is 1. The molecule has 25 heavy (non-hydrogen) atoms. The maximum absolute atomic E-state index is 12.1. The van der Waals surface area contributed by atoms with Gasteiger partial charge in [-0.25, -0.2) is 9.59 Å². The highest BCUT2D eigenvalue weighted by molar-refractivity contribution is 7.10. The molecule has 6 nitrogen and oxygen atoms in total. The topological polar surface area (TPSA) is 70.7 Å². The van der Waals surface area contributed by atoms with Gasteiger partial charge in [0.25, 0.3) is 0 Å². The monoisotopic (exact) mass is 361 g/mol. The number of amides is 2. The lowest BCUT2D eigenvalue weighted by Gasteiger charge is -2.23. The fraction of sp³-hybridized carbons (Fsp3) is 0.333. The third kappa shape index (κ3) is 5.58. The van der Waals surface area contributed by atoms with E-state index in [1.807, 2.05) is 25.5 Å². The number of nitrogens with zero attached hydrogens (tertiary/aromatic N) is 1. The molecule has 1 atom stereocenters. The van der Waals surface area contributed by atoms with Crippen molar-refractivity contribution in [2.24, 2.45) is 0 Å². The summed E-state index contributed by atoms with van der Waals surface area (Å²) in [5, 5.41) is 7.67. The summed E-state index contributed by atoms with van der Waals surface area (Å²) in [4.78, 5) is 27.0. The molecule has 2 aromatic rings. The van der Waals surface area contributed by atoms with Crippen molar-refractivity contribution in [2.75, 3.05) is 32.6 Å². The summed E-state index contributed by atoms with van der Waals surface area (Å²) in [6, 6.07) is 10.5. The second-order valence-corrected chi connectivity index (χ2v) is 6.61. The third-order valence-corrected chi connectivity index (χ3v) is 4.58. The summed E-state index contributed by atoms with van der Waals surface area (Å²) in [6.07, 6.45) is 0. The summed E-state index contributed by atoms with van der Waals surface area (Å²) in [5.41, 5.74) is 1.07. The van der Waals surface area contributed by atoms with Crippen LogP contribution in [0.2, 0.25) is 0 Å². The molecular formula is C18H23N3O3S. The van der Waals surface area contributed by atoms with Gasteiger partial charge in [-0.1, -0.05) is 6.07 Å². The fourth-order valence-corrected chi connectivity index (χ4v) is 3.21. The number of carbonyl (C=O) groups excluding carboxylic acids is 2. The van der Waals surface area contributed by atoms with E-state index in [2.05, 4.69) is 21.6 Å². The van der Waals surface area contributed by atoms with Gasteiger partial charge in [-0.15, -0.1) is 11.3 Å². The standard InChI is InChI=1S/C18H23N3O3S/c1-4-24-17(22)13-7-9-14(10-8-13)20-18(23)19-12-15(21(2)3)16-6-5-11-25-16/h5-11,15H,4,12H2,1-3H3,(H2,19,20,23). The van der Waals surface area contributed by atoms with Crippen molar-refractivity contribution in [2.45, 2.75) is 13.0 Å². The Morgan fingerprint density at radius 3 is 2.48 bits per heavy atom. The van der Waals surface area contributed by atoms with E-state index in [0.29, 0.717) is 24.4 Å². The maximum Gasteiger partial charge on any atom is 0.338 e. The molecule has 1 unspecified atom stereocenters. The van der Waals surface area contributed by atoms with Crippen LogP contribution in [0.3, 0.4) is 0 Å². The second kappa shape index (κ2) is 9.19. The summed E-state index contributed by atoms with van der Waals surface area (Å²) in [7, 11) is 3.97. The van der Waals surface area contributed by atoms with Crippen LogP contribution in [0.15, 0.2) is 41.8 Å². The third-order valence-electron chi connectivity index (χ3n) is 3.60. The van der Waals surface area contributed by atoms with Crippen molar-refractivity contribution in [1.29, 1.82) is 0 Å². The van der Waals surface area contributed by atoms with Crippen molar-refractivity contribution in [1.82, 2.24) is 10.2 Å². The predicted molar refractivity (Wildman–Crippen MR) is 100 cm³/mol. The van der Waals surface area contributed by atoms with E-state index in [1.54, 1.807) is 42.5 Å². The van der Waals surface area contributed by atoms with Crippen LogP contribution in [-0.2, 0) is 4.74 Å². The molecule has 0 radical (unpaired) electrons. The minimum Gasteiger partial charge on any atom is -0.462 e. The van der Waals surface area contributed by atoms with Crippen LogP contribution in [-0.4, -0.2) is 44.1 Å². The molecule has 2 N–H and O–H groups in total. The van der Waals surface area contributed by atoms with Gasteiger partial charge in [-0.3, -0.25) is 0 Å². The highest BCUT2D eigenvalue weighted by atomic mass is 32.1. The van der Waals surface area contributed by atoms with Gasteiger partial charge in [-0.05, 0) is 56.7 Å². The molecule has 1 aromatic heterocycles. The number of urea groups is 1. The Balaban J connectivity index is 1.88. The molecule has 2 amide bonds. The SMILES string of the molecule is CCOC(=O)c1ccc(NC(=O)NCC(c2cccs2)N(C)C)cc1. The number of thiophene rings is 1. The van der Waals surface area contributed by atoms with Crippen LogP contribution in [0.4, 0.5) is 10.5 Å². The number of anilines is 1. The Kier molecular flexibility index (Phi) is 6.97.